The number of nitrogens with zero attached hydrogens (tertiary/aromatic N) is 1. The van der Waals surface area contributed by atoms with Crippen molar-refractivity contribution in [1.29, 1.82) is 0 Å². The van der Waals surface area contributed by atoms with Gasteiger partial charge in [-0.25, -0.2) is 0 Å². The van der Waals surface area contributed by atoms with E-state index in [0.29, 0.717) is 32.3 Å². The van der Waals surface area contributed by atoms with Crippen LogP contribution in [0.5, 0.6) is 5.88 Å². The quantitative estimate of drug-likeness (QED) is 0.843. The lowest BCUT2D eigenvalue weighted by molar-refractivity contribution is -0.102. The molecule has 5 rings (SSSR count). The van der Waals surface area contributed by atoms with Crippen molar-refractivity contribution in [3.05, 3.63) is 57.3 Å². The fraction of sp³-hybridized carbons (Fsp3) is 0.458. The summed E-state index contributed by atoms with van der Waals surface area (Å²) in [6, 6.07) is 8.28. The Kier molecular flexibility index (Phi) is 5.46. The van der Waals surface area contributed by atoms with E-state index in [-0.39, 0.29) is 11.5 Å². The summed E-state index contributed by atoms with van der Waals surface area (Å²) in [6.07, 6.45) is 4.16. The van der Waals surface area contributed by atoms with Crippen molar-refractivity contribution in [1.82, 2.24) is 9.88 Å². The van der Waals surface area contributed by atoms with E-state index in [1.165, 1.54) is 16.7 Å². The molecule has 6 heteroatoms. The highest BCUT2D eigenvalue weighted by Crippen LogP contribution is 2.35. The van der Waals surface area contributed by atoms with E-state index in [0.717, 1.165) is 49.3 Å². The summed E-state index contributed by atoms with van der Waals surface area (Å²) in [4.78, 5) is 12.7. The topological polar surface area (TPSA) is 61.7 Å². The van der Waals surface area contributed by atoms with Crippen LogP contribution in [0.15, 0.2) is 35.1 Å². The molecule has 0 bridgehead atoms. The van der Waals surface area contributed by atoms with Crippen molar-refractivity contribution in [3.8, 4) is 17.1 Å². The fourth-order valence-corrected chi connectivity index (χ4v) is 4.58. The van der Waals surface area contributed by atoms with E-state index in [1.807, 2.05) is 6.92 Å². The predicted octanol–water partition coefficient (Wildman–Crippen LogP) is 2.55. The molecule has 0 radical (unpaired) electrons. The van der Waals surface area contributed by atoms with E-state index in [1.54, 1.807) is 6.07 Å². The summed E-state index contributed by atoms with van der Waals surface area (Å²) in [5.41, 5.74) is 6.90. The molecule has 2 aromatic rings. The first-order valence-corrected chi connectivity index (χ1v) is 10.8. The summed E-state index contributed by atoms with van der Waals surface area (Å²) in [5, 5.41) is 3.37. The lowest BCUT2D eigenvalue weighted by Crippen LogP contribution is -2.34. The smallest absolute Gasteiger partial charge is 0.197 e. The van der Waals surface area contributed by atoms with E-state index < -0.39 is 0 Å². The average molecular weight is 408 g/mol. The monoisotopic (exact) mass is 408 g/mol. The van der Waals surface area contributed by atoms with Crippen molar-refractivity contribution < 1.29 is 14.2 Å². The van der Waals surface area contributed by atoms with Gasteiger partial charge in [-0.05, 0) is 43.0 Å². The Morgan fingerprint density at radius 1 is 1.23 bits per heavy atom. The molecular weight excluding hydrogens is 380 g/mol. The number of rotatable bonds is 4. The van der Waals surface area contributed by atoms with Crippen LogP contribution in [0.4, 0.5) is 0 Å². The maximum absolute atomic E-state index is 12.7. The molecule has 1 aromatic carbocycles. The molecule has 1 aromatic heterocycles. The molecule has 4 heterocycles. The SMILES string of the molecule is Cc1c2n(c(OC[C@@H]3COCCO3)cc1=O)CCc1cc(C3=CCNCC3)ccc1-2. The molecular formula is C24H28N2O4. The molecule has 0 unspecified atom stereocenters. The Hall–Kier alpha value is -2.41. The Bertz CT molecular complexity index is 1030. The molecule has 1 atom stereocenters. The first-order valence-electron chi connectivity index (χ1n) is 10.8. The lowest BCUT2D eigenvalue weighted by Gasteiger charge is -2.28. The summed E-state index contributed by atoms with van der Waals surface area (Å²) in [6.45, 7) is 6.79. The van der Waals surface area contributed by atoms with Crippen LogP contribution in [-0.4, -0.2) is 50.2 Å². The van der Waals surface area contributed by atoms with Crippen molar-refractivity contribution >= 4 is 5.57 Å². The van der Waals surface area contributed by atoms with Gasteiger partial charge >= 0.3 is 0 Å². The Morgan fingerprint density at radius 3 is 2.97 bits per heavy atom. The minimum absolute atomic E-state index is 0.00931. The van der Waals surface area contributed by atoms with Crippen molar-refractivity contribution in [2.45, 2.75) is 32.4 Å². The minimum Gasteiger partial charge on any atom is -0.476 e. The fourth-order valence-electron chi connectivity index (χ4n) is 4.58. The zero-order valence-corrected chi connectivity index (χ0v) is 17.4. The average Bonchev–Trinajstić information content (AvgIpc) is 2.81. The molecule has 30 heavy (non-hydrogen) atoms. The van der Waals surface area contributed by atoms with Crippen LogP contribution in [-0.2, 0) is 22.4 Å². The molecule has 0 amide bonds. The van der Waals surface area contributed by atoms with Gasteiger partial charge in [-0.2, -0.15) is 0 Å². The molecule has 6 nitrogen and oxygen atoms in total. The zero-order chi connectivity index (χ0) is 20.5. The molecule has 1 N–H and O–H groups in total. The highest BCUT2D eigenvalue weighted by molar-refractivity contribution is 5.75. The van der Waals surface area contributed by atoms with Gasteiger partial charge in [0.05, 0.1) is 25.5 Å². The second-order valence-electron chi connectivity index (χ2n) is 8.16. The number of hydrogen-bond donors (Lipinski definition) is 1. The molecule has 1 fully saturated rings. The van der Waals surface area contributed by atoms with Gasteiger partial charge in [-0.1, -0.05) is 24.3 Å². The van der Waals surface area contributed by atoms with E-state index in [2.05, 4.69) is 34.2 Å². The van der Waals surface area contributed by atoms with Crippen LogP contribution in [0.1, 0.15) is 23.1 Å². The van der Waals surface area contributed by atoms with Gasteiger partial charge in [-0.15, -0.1) is 0 Å². The maximum Gasteiger partial charge on any atom is 0.197 e. The largest absolute Gasteiger partial charge is 0.476 e. The standard InChI is InChI=1S/C24H28N2O4/c1-16-22(27)13-23(30-15-20-14-28-10-11-29-20)26-9-6-19-12-18(2-3-21(19)24(16)26)17-4-7-25-8-5-17/h2-4,12-13,20,25H,5-11,14-15H2,1H3/t20-/m0/s1. The van der Waals surface area contributed by atoms with E-state index in [9.17, 15) is 4.79 Å². The highest BCUT2D eigenvalue weighted by Gasteiger charge is 2.24. The Morgan fingerprint density at radius 2 is 2.17 bits per heavy atom. The molecule has 3 aliphatic rings. The van der Waals surface area contributed by atoms with Gasteiger partial charge in [0, 0.05) is 30.3 Å². The normalized spacial score (nSPS) is 20.8. The van der Waals surface area contributed by atoms with E-state index in [4.69, 9.17) is 14.2 Å². The predicted molar refractivity (Wildman–Crippen MR) is 116 cm³/mol. The van der Waals surface area contributed by atoms with Gasteiger partial charge < -0.3 is 24.1 Å². The second-order valence-corrected chi connectivity index (χ2v) is 8.16. The number of fused-ring (bicyclic) bond motifs is 3. The molecule has 0 saturated carbocycles. The number of benzene rings is 1. The van der Waals surface area contributed by atoms with Crippen LogP contribution in [0.2, 0.25) is 0 Å². The van der Waals surface area contributed by atoms with Crippen LogP contribution in [0, 0.1) is 6.92 Å². The highest BCUT2D eigenvalue weighted by atomic mass is 16.6. The summed E-state index contributed by atoms with van der Waals surface area (Å²) < 4.78 is 19.3. The number of aryl methyl sites for hydroxylation is 1. The summed E-state index contributed by atoms with van der Waals surface area (Å²) in [7, 11) is 0. The summed E-state index contributed by atoms with van der Waals surface area (Å²) >= 11 is 0. The minimum atomic E-state index is -0.0944. The van der Waals surface area contributed by atoms with Gasteiger partial charge in [0.2, 0.25) is 0 Å². The lowest BCUT2D eigenvalue weighted by atomic mass is 9.90. The first-order chi connectivity index (χ1) is 14.7. The number of hydrogen-bond acceptors (Lipinski definition) is 5. The molecule has 158 valence electrons. The number of nitrogens with one attached hydrogen (secondary N) is 1. The van der Waals surface area contributed by atoms with Crippen LogP contribution in [0.25, 0.3) is 16.8 Å². The number of pyridine rings is 1. The number of ether oxygens (including phenoxy) is 3. The third-order valence-electron chi connectivity index (χ3n) is 6.22. The Balaban J connectivity index is 1.48. The molecule has 1 saturated heterocycles. The third-order valence-corrected chi connectivity index (χ3v) is 6.22. The molecule has 0 spiro atoms. The van der Waals surface area contributed by atoms with Gasteiger partial charge in [0.1, 0.15) is 12.7 Å². The van der Waals surface area contributed by atoms with Gasteiger partial charge in [-0.3, -0.25) is 4.79 Å². The van der Waals surface area contributed by atoms with Crippen LogP contribution >= 0.6 is 0 Å². The number of aromatic nitrogens is 1. The van der Waals surface area contributed by atoms with Crippen molar-refractivity contribution in [2.75, 3.05) is 39.5 Å². The van der Waals surface area contributed by atoms with Crippen LogP contribution in [0.3, 0.4) is 0 Å². The van der Waals surface area contributed by atoms with Crippen LogP contribution < -0.4 is 15.5 Å². The van der Waals surface area contributed by atoms with Gasteiger partial charge in [0.25, 0.3) is 0 Å². The zero-order valence-electron chi connectivity index (χ0n) is 17.4. The maximum atomic E-state index is 12.7. The summed E-state index contributed by atoms with van der Waals surface area (Å²) in [5.74, 6) is 0.616. The first kappa shape index (κ1) is 19.5. The molecule has 3 aliphatic heterocycles. The van der Waals surface area contributed by atoms with Crippen molar-refractivity contribution in [2.24, 2.45) is 0 Å². The van der Waals surface area contributed by atoms with Crippen molar-refractivity contribution in [3.63, 3.8) is 0 Å². The Labute approximate surface area is 176 Å². The van der Waals surface area contributed by atoms with Gasteiger partial charge in [0.15, 0.2) is 11.3 Å². The third kappa shape index (κ3) is 3.71. The second kappa shape index (κ2) is 8.38. The van der Waals surface area contributed by atoms with E-state index >= 15 is 0 Å². The molecule has 0 aliphatic carbocycles.